The Morgan fingerprint density at radius 2 is 1.74 bits per heavy atom. The Balaban J connectivity index is 2.24. The van der Waals surface area contributed by atoms with E-state index in [9.17, 15) is 5.11 Å². The largest absolute Gasteiger partial charge is 0.377 e. The van der Waals surface area contributed by atoms with Crippen molar-refractivity contribution in [3.05, 3.63) is 65.7 Å². The number of aliphatic imine (C=N–C) groups is 1. The Morgan fingerprint density at radius 1 is 1.05 bits per heavy atom. The summed E-state index contributed by atoms with van der Waals surface area (Å²) in [6.45, 7) is 0. The summed E-state index contributed by atoms with van der Waals surface area (Å²) in [5.74, 6) is 0. The highest BCUT2D eigenvalue weighted by molar-refractivity contribution is 5.77. The first-order valence-electron chi connectivity index (χ1n) is 6.21. The van der Waals surface area contributed by atoms with Crippen molar-refractivity contribution < 1.29 is 9.84 Å². The lowest BCUT2D eigenvalue weighted by atomic mass is 9.79. The zero-order valence-electron chi connectivity index (χ0n) is 10.7. The number of rotatable bonds is 2. The summed E-state index contributed by atoms with van der Waals surface area (Å²) < 4.78 is 5.42. The zero-order chi connectivity index (χ0) is 13.3. The van der Waals surface area contributed by atoms with E-state index in [-0.39, 0.29) is 0 Å². The molecule has 0 bridgehead atoms. The first-order valence-corrected chi connectivity index (χ1v) is 6.21. The van der Waals surface area contributed by atoms with E-state index in [4.69, 9.17) is 4.74 Å². The number of benzene rings is 2. The van der Waals surface area contributed by atoms with Gasteiger partial charge in [0.05, 0.1) is 5.69 Å². The maximum absolute atomic E-state index is 11.2. The Kier molecular flexibility index (Phi) is 2.93. The molecule has 0 saturated heterocycles. The van der Waals surface area contributed by atoms with Crippen LogP contribution in [-0.4, -0.2) is 24.5 Å². The normalized spacial score (nSPS) is 25.1. The van der Waals surface area contributed by atoms with Gasteiger partial charge in [0.25, 0.3) is 0 Å². The number of para-hydroxylation sites is 1. The summed E-state index contributed by atoms with van der Waals surface area (Å²) in [7, 11) is 1.58. The molecule has 0 spiro atoms. The van der Waals surface area contributed by atoms with E-state index in [0.29, 0.717) is 0 Å². The molecule has 3 heteroatoms. The van der Waals surface area contributed by atoms with Crippen molar-refractivity contribution in [2.75, 3.05) is 7.11 Å². The van der Waals surface area contributed by atoms with Crippen LogP contribution < -0.4 is 0 Å². The molecule has 19 heavy (non-hydrogen) atoms. The van der Waals surface area contributed by atoms with E-state index in [2.05, 4.69) is 4.99 Å². The molecule has 1 aliphatic heterocycles. The van der Waals surface area contributed by atoms with Crippen LogP contribution in [0.5, 0.6) is 0 Å². The molecule has 0 aromatic heterocycles. The van der Waals surface area contributed by atoms with Crippen LogP contribution in [0.4, 0.5) is 5.69 Å². The number of hydrogen-bond donors (Lipinski definition) is 1. The number of hydrogen-bond acceptors (Lipinski definition) is 3. The molecule has 0 radical (unpaired) electrons. The third kappa shape index (κ3) is 1.79. The fourth-order valence-corrected chi connectivity index (χ4v) is 2.56. The molecular formula is C16H15NO2. The third-order valence-corrected chi connectivity index (χ3v) is 3.54. The molecular weight excluding hydrogens is 238 g/mol. The third-order valence-electron chi connectivity index (χ3n) is 3.54. The van der Waals surface area contributed by atoms with E-state index in [1.165, 1.54) is 0 Å². The highest BCUT2D eigenvalue weighted by Crippen LogP contribution is 2.41. The average Bonchev–Trinajstić information content (AvgIpc) is 2.49. The van der Waals surface area contributed by atoms with Crippen molar-refractivity contribution >= 4 is 11.9 Å². The second-order valence-corrected chi connectivity index (χ2v) is 4.58. The molecule has 0 saturated carbocycles. The zero-order valence-corrected chi connectivity index (χ0v) is 10.7. The number of fused-ring (bicyclic) bond motifs is 1. The van der Waals surface area contributed by atoms with Crippen molar-refractivity contribution in [3.63, 3.8) is 0 Å². The molecule has 0 fully saturated rings. The maximum Gasteiger partial charge on any atom is 0.148 e. The topological polar surface area (TPSA) is 41.8 Å². The SMILES string of the molecule is COC1C=Nc2ccccc2C1(O)c1ccccc1. The van der Waals surface area contributed by atoms with Crippen LogP contribution in [0.15, 0.2) is 59.6 Å². The molecule has 2 atom stereocenters. The molecule has 2 unspecified atom stereocenters. The van der Waals surface area contributed by atoms with Gasteiger partial charge in [0, 0.05) is 18.9 Å². The number of methoxy groups -OCH3 is 1. The summed E-state index contributed by atoms with van der Waals surface area (Å²) in [5.41, 5.74) is 1.16. The first-order chi connectivity index (χ1) is 9.26. The number of ether oxygens (including phenoxy) is 1. The number of aliphatic hydroxyl groups is 1. The van der Waals surface area contributed by atoms with Crippen LogP contribution in [0.3, 0.4) is 0 Å². The predicted molar refractivity (Wildman–Crippen MR) is 74.8 cm³/mol. The fourth-order valence-electron chi connectivity index (χ4n) is 2.56. The molecule has 1 N–H and O–H groups in total. The van der Waals surface area contributed by atoms with Gasteiger partial charge in [0.1, 0.15) is 11.7 Å². The van der Waals surface area contributed by atoms with Gasteiger partial charge in [-0.2, -0.15) is 0 Å². The van der Waals surface area contributed by atoms with Gasteiger partial charge >= 0.3 is 0 Å². The molecule has 2 aromatic carbocycles. The summed E-state index contributed by atoms with van der Waals surface area (Å²) >= 11 is 0. The maximum atomic E-state index is 11.2. The summed E-state index contributed by atoms with van der Waals surface area (Å²) in [6.07, 6.45) is 1.17. The van der Waals surface area contributed by atoms with Gasteiger partial charge in [-0.25, -0.2) is 0 Å². The Hall–Kier alpha value is -1.97. The second-order valence-electron chi connectivity index (χ2n) is 4.58. The monoisotopic (exact) mass is 253 g/mol. The van der Waals surface area contributed by atoms with Crippen LogP contribution in [0.2, 0.25) is 0 Å². The molecule has 96 valence electrons. The second kappa shape index (κ2) is 4.61. The minimum atomic E-state index is -1.20. The molecule has 1 heterocycles. The van der Waals surface area contributed by atoms with Crippen LogP contribution in [0.25, 0.3) is 0 Å². The molecule has 1 aliphatic rings. The van der Waals surface area contributed by atoms with Gasteiger partial charge in [-0.05, 0) is 11.6 Å². The quantitative estimate of drug-likeness (QED) is 0.894. The summed E-state index contributed by atoms with van der Waals surface area (Å²) in [5, 5.41) is 11.2. The smallest absolute Gasteiger partial charge is 0.148 e. The Labute approximate surface area is 112 Å². The molecule has 0 aliphatic carbocycles. The van der Waals surface area contributed by atoms with Crippen molar-refractivity contribution in [3.8, 4) is 0 Å². The van der Waals surface area contributed by atoms with E-state index in [1.54, 1.807) is 13.3 Å². The van der Waals surface area contributed by atoms with Gasteiger partial charge in [-0.3, -0.25) is 4.99 Å². The molecule has 3 rings (SSSR count). The Bertz CT molecular complexity index is 609. The average molecular weight is 253 g/mol. The van der Waals surface area contributed by atoms with Crippen LogP contribution in [0, 0.1) is 0 Å². The highest BCUT2D eigenvalue weighted by Gasteiger charge is 2.43. The van der Waals surface area contributed by atoms with Crippen LogP contribution >= 0.6 is 0 Å². The summed E-state index contributed by atoms with van der Waals surface area (Å²) in [6, 6.07) is 17.2. The lowest BCUT2D eigenvalue weighted by molar-refractivity contribution is -0.0347. The van der Waals surface area contributed by atoms with Crippen molar-refractivity contribution in [1.82, 2.24) is 0 Å². The van der Waals surface area contributed by atoms with Gasteiger partial charge in [0.15, 0.2) is 0 Å². The minimum Gasteiger partial charge on any atom is -0.377 e. The van der Waals surface area contributed by atoms with Crippen molar-refractivity contribution in [1.29, 1.82) is 0 Å². The molecule has 2 aromatic rings. The number of nitrogens with zero attached hydrogens (tertiary/aromatic N) is 1. The van der Waals surface area contributed by atoms with Gasteiger partial charge in [0.2, 0.25) is 0 Å². The highest BCUT2D eigenvalue weighted by atomic mass is 16.5. The van der Waals surface area contributed by atoms with E-state index < -0.39 is 11.7 Å². The van der Waals surface area contributed by atoms with E-state index in [1.807, 2.05) is 54.6 Å². The van der Waals surface area contributed by atoms with Crippen molar-refractivity contribution in [2.24, 2.45) is 4.99 Å². The van der Waals surface area contributed by atoms with Crippen LogP contribution in [0.1, 0.15) is 11.1 Å². The Morgan fingerprint density at radius 3 is 2.47 bits per heavy atom. The van der Waals surface area contributed by atoms with E-state index in [0.717, 1.165) is 16.8 Å². The fraction of sp³-hybridized carbons (Fsp3) is 0.188. The van der Waals surface area contributed by atoms with Gasteiger partial charge in [-0.1, -0.05) is 48.5 Å². The predicted octanol–water partition coefficient (Wildman–Crippen LogP) is 2.65. The molecule has 3 nitrogen and oxygen atoms in total. The lowest BCUT2D eigenvalue weighted by Gasteiger charge is -2.37. The minimum absolute atomic E-state index is 0.496. The molecule has 0 amide bonds. The first kappa shape index (κ1) is 12.1. The summed E-state index contributed by atoms with van der Waals surface area (Å²) in [4.78, 5) is 4.36. The van der Waals surface area contributed by atoms with Crippen LogP contribution in [-0.2, 0) is 10.3 Å². The van der Waals surface area contributed by atoms with E-state index >= 15 is 0 Å². The van der Waals surface area contributed by atoms with Gasteiger partial charge < -0.3 is 9.84 Å². The standard InChI is InChI=1S/C16H15NO2/c1-19-15-11-17-14-10-6-5-9-13(14)16(15,18)12-7-3-2-4-8-12/h2-11,15,18H,1H3. The van der Waals surface area contributed by atoms with Crippen molar-refractivity contribution in [2.45, 2.75) is 11.7 Å². The van der Waals surface area contributed by atoms with Gasteiger partial charge in [-0.15, -0.1) is 0 Å². The lowest BCUT2D eigenvalue weighted by Crippen LogP contribution is -2.44.